The molecule has 10 heteroatoms. The lowest BCUT2D eigenvalue weighted by molar-refractivity contribution is -0.117. The molecule has 0 saturated heterocycles. The molecule has 1 aliphatic heterocycles. The van der Waals surface area contributed by atoms with E-state index < -0.39 is 18.0 Å². The minimum atomic E-state index is -0.827. The lowest BCUT2D eigenvalue weighted by Gasteiger charge is -2.25. The van der Waals surface area contributed by atoms with E-state index in [-0.39, 0.29) is 18.5 Å². The molecule has 2 aliphatic rings. The number of rotatable bonds is 5. The molecular formula is C34H25N7O3. The maximum atomic E-state index is 13.7. The zero-order valence-corrected chi connectivity index (χ0v) is 23.4. The van der Waals surface area contributed by atoms with Crippen LogP contribution in [-0.4, -0.2) is 49.2 Å². The van der Waals surface area contributed by atoms with Crippen LogP contribution < -0.4 is 10.2 Å². The summed E-state index contributed by atoms with van der Waals surface area (Å²) in [7, 11) is 0. The van der Waals surface area contributed by atoms with Crippen LogP contribution in [0.1, 0.15) is 22.6 Å². The van der Waals surface area contributed by atoms with Crippen molar-refractivity contribution in [2.45, 2.75) is 18.4 Å². The second-order valence-corrected chi connectivity index (χ2v) is 10.8. The van der Waals surface area contributed by atoms with E-state index >= 15 is 0 Å². The van der Waals surface area contributed by atoms with E-state index in [9.17, 15) is 9.59 Å². The van der Waals surface area contributed by atoms with Gasteiger partial charge in [0.1, 0.15) is 19.0 Å². The Balaban J connectivity index is 1.03. The third-order valence-electron chi connectivity index (χ3n) is 8.27. The minimum absolute atomic E-state index is 0.0917. The molecule has 44 heavy (non-hydrogen) atoms. The van der Waals surface area contributed by atoms with Gasteiger partial charge in [-0.15, -0.1) is 5.10 Å². The van der Waals surface area contributed by atoms with Crippen LogP contribution in [0.2, 0.25) is 0 Å². The van der Waals surface area contributed by atoms with Crippen molar-refractivity contribution >= 4 is 29.3 Å². The summed E-state index contributed by atoms with van der Waals surface area (Å²) in [5.74, 6) is -0.354. The molecule has 1 N–H and O–H groups in total. The highest BCUT2D eigenvalue weighted by molar-refractivity contribution is 6.05. The number of ether oxygens (including phenoxy) is 1. The second kappa shape index (κ2) is 10.4. The molecule has 0 unspecified atom stereocenters. The lowest BCUT2D eigenvalue weighted by atomic mass is 9.98. The average molecular weight is 580 g/mol. The van der Waals surface area contributed by atoms with Crippen LogP contribution in [-0.2, 0) is 16.0 Å². The Labute approximate surface area is 252 Å². The predicted molar refractivity (Wildman–Crippen MR) is 164 cm³/mol. The number of anilines is 2. The van der Waals surface area contributed by atoms with E-state index in [2.05, 4.69) is 49.6 Å². The molecular weight excluding hydrogens is 554 g/mol. The van der Waals surface area contributed by atoms with Crippen molar-refractivity contribution in [2.24, 2.45) is 0 Å². The predicted octanol–water partition coefficient (Wildman–Crippen LogP) is 5.51. The summed E-state index contributed by atoms with van der Waals surface area (Å²) in [4.78, 5) is 41.5. The third kappa shape index (κ3) is 4.35. The first-order valence-electron chi connectivity index (χ1n) is 14.3. The van der Waals surface area contributed by atoms with Crippen LogP contribution in [0.3, 0.4) is 0 Å². The molecule has 0 spiro atoms. The number of fused-ring (bicyclic) bond motifs is 5. The molecule has 3 aromatic heterocycles. The van der Waals surface area contributed by atoms with Crippen LogP contribution >= 0.6 is 0 Å². The number of nitrogens with zero attached hydrogens (tertiary/aromatic N) is 6. The largest absolute Gasteiger partial charge is 0.448 e. The van der Waals surface area contributed by atoms with Gasteiger partial charge in [0.2, 0.25) is 11.9 Å². The van der Waals surface area contributed by atoms with Crippen LogP contribution in [0.15, 0.2) is 110 Å². The minimum Gasteiger partial charge on any atom is -0.448 e. The molecule has 0 saturated carbocycles. The summed E-state index contributed by atoms with van der Waals surface area (Å²) < 4.78 is 7.56. The Kier molecular flexibility index (Phi) is 6.11. The van der Waals surface area contributed by atoms with Gasteiger partial charge in [-0.2, -0.15) is 4.98 Å². The standard InChI is InChI=1S/C34H25N7O3/c42-32(38-33-37-31-14-13-22(18-40(31)39-33)23-16-35-20-36-17-23)30-15-21-7-1-6-12-29(21)41(30)34(43)44-19-28-26-10-4-2-8-24(26)25-9-3-5-11-27(25)28/h1-14,16-18,20,28,30H,15,19H2,(H,38,39,42)/t30-/m1/s1. The van der Waals surface area contributed by atoms with Gasteiger partial charge in [0.15, 0.2) is 5.65 Å². The number of pyridine rings is 1. The fraction of sp³-hybridized carbons (Fsp3) is 0.118. The summed E-state index contributed by atoms with van der Waals surface area (Å²) in [5, 5.41) is 7.28. The highest BCUT2D eigenvalue weighted by Crippen LogP contribution is 2.44. The van der Waals surface area contributed by atoms with Gasteiger partial charge in [-0.1, -0.05) is 66.7 Å². The van der Waals surface area contributed by atoms with Crippen LogP contribution in [0.25, 0.3) is 27.9 Å². The maximum absolute atomic E-state index is 13.7. The number of carbonyl (C=O) groups excluding carboxylic acids is 2. The fourth-order valence-corrected chi connectivity index (χ4v) is 6.23. The lowest BCUT2D eigenvalue weighted by Crippen LogP contribution is -2.46. The molecule has 0 fully saturated rings. The van der Waals surface area contributed by atoms with Crippen molar-refractivity contribution in [3.63, 3.8) is 0 Å². The number of benzene rings is 3. The van der Waals surface area contributed by atoms with E-state index in [1.165, 1.54) is 11.2 Å². The maximum Gasteiger partial charge on any atom is 0.415 e. The SMILES string of the molecule is O=C(Nc1nc2ccc(-c3cncnc3)cn2n1)[C@H]1Cc2ccccc2N1C(=O)OCC1c2ccccc2-c2ccccc21. The monoisotopic (exact) mass is 579 g/mol. The molecule has 6 aromatic rings. The third-order valence-corrected chi connectivity index (χ3v) is 8.27. The molecule has 3 aromatic carbocycles. The first-order valence-corrected chi connectivity index (χ1v) is 14.3. The summed E-state index contributed by atoms with van der Waals surface area (Å²) in [6.07, 6.45) is 6.46. The van der Waals surface area contributed by atoms with Crippen molar-refractivity contribution in [3.8, 4) is 22.3 Å². The Hall–Kier alpha value is -5.90. The summed E-state index contributed by atoms with van der Waals surface area (Å²) in [6.45, 7) is 0.155. The van der Waals surface area contributed by atoms with Crippen molar-refractivity contribution < 1.29 is 14.3 Å². The smallest absolute Gasteiger partial charge is 0.415 e. The molecule has 0 bridgehead atoms. The average Bonchev–Trinajstić information content (AvgIpc) is 3.75. The Morgan fingerprint density at radius 2 is 1.55 bits per heavy atom. The van der Waals surface area contributed by atoms with Gasteiger partial charge in [-0.3, -0.25) is 15.0 Å². The molecule has 214 valence electrons. The number of hydrogen-bond acceptors (Lipinski definition) is 7. The molecule has 0 radical (unpaired) electrons. The topological polar surface area (TPSA) is 115 Å². The van der Waals surface area contributed by atoms with Crippen molar-refractivity contribution in [3.05, 3.63) is 127 Å². The molecule has 8 rings (SSSR count). The Morgan fingerprint density at radius 3 is 2.32 bits per heavy atom. The van der Waals surface area contributed by atoms with Gasteiger partial charge in [0, 0.05) is 42.1 Å². The highest BCUT2D eigenvalue weighted by atomic mass is 16.6. The summed E-state index contributed by atoms with van der Waals surface area (Å²) in [6, 6.07) is 26.7. The van der Waals surface area contributed by atoms with Gasteiger partial charge in [0.05, 0.1) is 5.69 Å². The number of para-hydroxylation sites is 1. The Morgan fingerprint density at radius 1 is 0.841 bits per heavy atom. The quantitative estimate of drug-likeness (QED) is 0.287. The zero-order valence-electron chi connectivity index (χ0n) is 23.4. The number of hydrogen-bond donors (Lipinski definition) is 1. The number of amides is 2. The second-order valence-electron chi connectivity index (χ2n) is 10.8. The summed E-state index contributed by atoms with van der Waals surface area (Å²) in [5.41, 5.74) is 8.34. The number of aromatic nitrogens is 5. The first kappa shape index (κ1) is 25.8. The van der Waals surface area contributed by atoms with Crippen LogP contribution in [0.5, 0.6) is 0 Å². The number of nitrogens with one attached hydrogen (secondary N) is 1. The van der Waals surface area contributed by atoms with E-state index in [0.29, 0.717) is 17.8 Å². The van der Waals surface area contributed by atoms with Crippen LogP contribution in [0, 0.1) is 0 Å². The number of carbonyl (C=O) groups is 2. The molecule has 1 atom stereocenters. The van der Waals surface area contributed by atoms with Gasteiger partial charge in [0.25, 0.3) is 0 Å². The van der Waals surface area contributed by atoms with Gasteiger partial charge < -0.3 is 4.74 Å². The normalized spacial score (nSPS) is 15.1. The van der Waals surface area contributed by atoms with Gasteiger partial charge >= 0.3 is 6.09 Å². The van der Waals surface area contributed by atoms with Crippen molar-refractivity contribution in [1.29, 1.82) is 0 Å². The van der Waals surface area contributed by atoms with E-state index in [1.807, 2.05) is 54.6 Å². The summed E-state index contributed by atoms with van der Waals surface area (Å²) >= 11 is 0. The molecule has 1 aliphatic carbocycles. The van der Waals surface area contributed by atoms with Crippen molar-refractivity contribution in [2.75, 3.05) is 16.8 Å². The van der Waals surface area contributed by atoms with Crippen LogP contribution in [0.4, 0.5) is 16.4 Å². The van der Waals surface area contributed by atoms with Crippen molar-refractivity contribution in [1.82, 2.24) is 24.6 Å². The first-order chi connectivity index (χ1) is 21.6. The molecule has 2 amide bonds. The molecule has 4 heterocycles. The molecule has 10 nitrogen and oxygen atoms in total. The Bertz CT molecular complexity index is 2010. The van der Waals surface area contributed by atoms with E-state index in [4.69, 9.17) is 4.74 Å². The highest BCUT2D eigenvalue weighted by Gasteiger charge is 2.40. The van der Waals surface area contributed by atoms with Gasteiger partial charge in [-0.05, 0) is 46.0 Å². The van der Waals surface area contributed by atoms with Gasteiger partial charge in [-0.25, -0.2) is 19.3 Å². The van der Waals surface area contributed by atoms with E-state index in [1.54, 1.807) is 29.2 Å². The van der Waals surface area contributed by atoms with E-state index in [0.717, 1.165) is 38.9 Å². The zero-order chi connectivity index (χ0) is 29.6. The fourth-order valence-electron chi connectivity index (χ4n) is 6.23.